The molecule has 1 heterocycles. The van der Waals surface area contributed by atoms with Gasteiger partial charge >= 0.3 is 0 Å². The van der Waals surface area contributed by atoms with Crippen LogP contribution in [0.2, 0.25) is 0 Å². The Labute approximate surface area is 129 Å². The Morgan fingerprint density at radius 2 is 2.00 bits per heavy atom. The van der Waals surface area contributed by atoms with Crippen LogP contribution in [0.1, 0.15) is 24.2 Å². The molecule has 0 unspecified atom stereocenters. The normalized spacial score (nSPS) is 10.6. The van der Waals surface area contributed by atoms with Crippen molar-refractivity contribution in [1.82, 2.24) is 9.99 Å². The lowest BCUT2D eigenvalue weighted by Gasteiger charge is -2.35. The number of carbonyl (C=O) groups excluding carboxylic acids is 1. The molecule has 1 amide bonds. The van der Waals surface area contributed by atoms with Crippen LogP contribution in [0.5, 0.6) is 0 Å². The van der Waals surface area contributed by atoms with Crippen LogP contribution >= 0.6 is 0 Å². The fraction of sp³-hybridized carbons (Fsp3) is 0.176. The first-order valence-corrected chi connectivity index (χ1v) is 6.68. The SMILES string of the molecule is C#CC(C)(C)N(Nc1ccc(F)cc1)C(=O)c1cccnc1. The van der Waals surface area contributed by atoms with Gasteiger partial charge in [0.2, 0.25) is 0 Å². The van der Waals surface area contributed by atoms with E-state index >= 15 is 0 Å². The Hall–Kier alpha value is -2.87. The summed E-state index contributed by atoms with van der Waals surface area (Å²) in [5.41, 5.74) is 3.02. The summed E-state index contributed by atoms with van der Waals surface area (Å²) in [4.78, 5) is 16.6. The molecule has 2 rings (SSSR count). The molecule has 1 aromatic heterocycles. The number of nitrogens with zero attached hydrogens (tertiary/aromatic N) is 2. The predicted octanol–water partition coefficient (Wildman–Crippen LogP) is 3.10. The van der Waals surface area contributed by atoms with E-state index in [1.807, 2.05) is 0 Å². The quantitative estimate of drug-likeness (QED) is 0.696. The van der Waals surface area contributed by atoms with Gasteiger partial charge in [0.05, 0.1) is 11.3 Å². The highest BCUT2D eigenvalue weighted by molar-refractivity contribution is 5.95. The molecule has 0 radical (unpaired) electrons. The van der Waals surface area contributed by atoms with Gasteiger partial charge < -0.3 is 0 Å². The first kappa shape index (κ1) is 15.5. The van der Waals surface area contributed by atoms with Gasteiger partial charge in [0.15, 0.2) is 0 Å². The summed E-state index contributed by atoms with van der Waals surface area (Å²) in [5.74, 6) is 1.90. The first-order valence-electron chi connectivity index (χ1n) is 6.68. The Morgan fingerprint density at radius 3 is 2.55 bits per heavy atom. The second kappa shape index (κ2) is 6.27. The lowest BCUT2D eigenvalue weighted by atomic mass is 10.1. The Balaban J connectivity index is 2.34. The average Bonchev–Trinajstić information content (AvgIpc) is 2.54. The highest BCUT2D eigenvalue weighted by Crippen LogP contribution is 2.19. The third-order valence-corrected chi connectivity index (χ3v) is 3.11. The number of terminal acetylenes is 1. The molecule has 0 aliphatic carbocycles. The van der Waals surface area contributed by atoms with Gasteiger partial charge in [-0.05, 0) is 50.2 Å². The number of hydrazine groups is 1. The fourth-order valence-electron chi connectivity index (χ4n) is 1.78. The Kier molecular flexibility index (Phi) is 4.42. The molecule has 0 atom stereocenters. The topological polar surface area (TPSA) is 45.2 Å². The summed E-state index contributed by atoms with van der Waals surface area (Å²) in [6, 6.07) is 9.00. The molecule has 0 bridgehead atoms. The number of hydrogen-bond acceptors (Lipinski definition) is 3. The number of benzene rings is 1. The Morgan fingerprint density at radius 1 is 1.32 bits per heavy atom. The summed E-state index contributed by atoms with van der Waals surface area (Å²) >= 11 is 0. The van der Waals surface area contributed by atoms with Crippen molar-refractivity contribution in [1.29, 1.82) is 0 Å². The second-order valence-corrected chi connectivity index (χ2v) is 5.20. The van der Waals surface area contributed by atoms with Gasteiger partial charge in [-0.25, -0.2) is 9.40 Å². The third-order valence-electron chi connectivity index (χ3n) is 3.11. The van der Waals surface area contributed by atoms with Crippen LogP contribution in [0, 0.1) is 18.2 Å². The minimum Gasteiger partial charge on any atom is -0.294 e. The summed E-state index contributed by atoms with van der Waals surface area (Å²) in [6.45, 7) is 3.47. The van der Waals surface area contributed by atoms with E-state index in [9.17, 15) is 9.18 Å². The zero-order valence-corrected chi connectivity index (χ0v) is 12.4. The monoisotopic (exact) mass is 297 g/mol. The van der Waals surface area contributed by atoms with E-state index in [0.717, 1.165) is 0 Å². The van der Waals surface area contributed by atoms with E-state index in [1.54, 1.807) is 32.2 Å². The van der Waals surface area contributed by atoms with E-state index in [4.69, 9.17) is 6.42 Å². The molecule has 1 aromatic carbocycles. The fourth-order valence-corrected chi connectivity index (χ4v) is 1.78. The molecule has 5 heteroatoms. The van der Waals surface area contributed by atoms with Gasteiger partial charge in [0.1, 0.15) is 11.4 Å². The van der Waals surface area contributed by atoms with Gasteiger partial charge in [0, 0.05) is 12.4 Å². The third kappa shape index (κ3) is 3.41. The molecule has 0 aliphatic heterocycles. The van der Waals surface area contributed by atoms with Crippen molar-refractivity contribution in [2.75, 3.05) is 5.43 Å². The maximum absolute atomic E-state index is 13.0. The Bertz CT molecular complexity index is 690. The van der Waals surface area contributed by atoms with Crippen molar-refractivity contribution < 1.29 is 9.18 Å². The molecule has 0 saturated carbocycles. The highest BCUT2D eigenvalue weighted by atomic mass is 19.1. The van der Waals surface area contributed by atoms with Crippen molar-refractivity contribution in [3.05, 3.63) is 60.2 Å². The maximum atomic E-state index is 13.0. The average molecular weight is 297 g/mol. The van der Waals surface area contributed by atoms with Crippen molar-refractivity contribution in [2.24, 2.45) is 0 Å². The smallest absolute Gasteiger partial charge is 0.275 e. The molecule has 0 spiro atoms. The van der Waals surface area contributed by atoms with Crippen LogP contribution in [0.3, 0.4) is 0 Å². The van der Waals surface area contributed by atoms with Crippen LogP contribution in [-0.4, -0.2) is 21.4 Å². The van der Waals surface area contributed by atoms with Crippen molar-refractivity contribution >= 4 is 11.6 Å². The second-order valence-electron chi connectivity index (χ2n) is 5.20. The number of carbonyl (C=O) groups is 1. The molecule has 4 nitrogen and oxygen atoms in total. The molecule has 1 N–H and O–H groups in total. The number of anilines is 1. The molecule has 0 fully saturated rings. The number of amides is 1. The maximum Gasteiger partial charge on any atom is 0.275 e. The highest BCUT2D eigenvalue weighted by Gasteiger charge is 2.30. The zero-order chi connectivity index (χ0) is 16.2. The van der Waals surface area contributed by atoms with Crippen LogP contribution in [0.25, 0.3) is 0 Å². The minimum atomic E-state index is -0.888. The van der Waals surface area contributed by atoms with Crippen LogP contribution < -0.4 is 5.43 Å². The van der Waals surface area contributed by atoms with Gasteiger partial charge in [0.25, 0.3) is 5.91 Å². The number of pyridine rings is 1. The number of rotatable bonds is 4. The minimum absolute atomic E-state index is 0.319. The van der Waals surface area contributed by atoms with Gasteiger partial charge in [-0.3, -0.25) is 15.2 Å². The molecular weight excluding hydrogens is 281 g/mol. The number of aromatic nitrogens is 1. The molecule has 2 aromatic rings. The molecule has 0 saturated heterocycles. The van der Waals surface area contributed by atoms with E-state index in [0.29, 0.717) is 11.3 Å². The summed E-state index contributed by atoms with van der Waals surface area (Å²) in [6.07, 6.45) is 8.59. The number of hydrogen-bond donors (Lipinski definition) is 1. The molecule has 22 heavy (non-hydrogen) atoms. The van der Waals surface area contributed by atoms with Crippen molar-refractivity contribution in [2.45, 2.75) is 19.4 Å². The number of halogens is 1. The lowest BCUT2D eigenvalue weighted by Crippen LogP contribution is -2.50. The van der Waals surface area contributed by atoms with Crippen LogP contribution in [-0.2, 0) is 0 Å². The van der Waals surface area contributed by atoms with E-state index < -0.39 is 5.54 Å². The zero-order valence-electron chi connectivity index (χ0n) is 12.4. The van der Waals surface area contributed by atoms with Gasteiger partial charge in [-0.15, -0.1) is 6.42 Å². The van der Waals surface area contributed by atoms with E-state index in [-0.39, 0.29) is 11.7 Å². The van der Waals surface area contributed by atoms with E-state index in [2.05, 4.69) is 16.3 Å². The van der Waals surface area contributed by atoms with Crippen LogP contribution in [0.4, 0.5) is 10.1 Å². The van der Waals surface area contributed by atoms with Crippen molar-refractivity contribution in [3.8, 4) is 12.3 Å². The molecule has 0 aliphatic rings. The largest absolute Gasteiger partial charge is 0.294 e. The van der Waals surface area contributed by atoms with Gasteiger partial charge in [-0.1, -0.05) is 5.92 Å². The molecule has 112 valence electrons. The van der Waals surface area contributed by atoms with Crippen LogP contribution in [0.15, 0.2) is 48.8 Å². The lowest BCUT2D eigenvalue weighted by molar-refractivity contribution is 0.0697. The number of nitrogens with one attached hydrogen (secondary N) is 1. The first-order chi connectivity index (χ1) is 10.4. The van der Waals surface area contributed by atoms with Crippen molar-refractivity contribution in [3.63, 3.8) is 0 Å². The van der Waals surface area contributed by atoms with E-state index in [1.165, 1.54) is 35.5 Å². The summed E-state index contributed by atoms with van der Waals surface area (Å²) < 4.78 is 13.0. The predicted molar refractivity (Wildman–Crippen MR) is 83.3 cm³/mol. The standard InChI is InChI=1S/C17H16FN3O/c1-4-17(2,3)21(16(22)13-6-5-11-19-12-13)20-15-9-7-14(18)8-10-15/h1,5-12,20H,2-3H3. The molecular formula is C17H16FN3O. The van der Waals surface area contributed by atoms with Gasteiger partial charge in [-0.2, -0.15) is 0 Å². The summed E-state index contributed by atoms with van der Waals surface area (Å²) in [7, 11) is 0. The summed E-state index contributed by atoms with van der Waals surface area (Å²) in [5, 5.41) is 1.33.